The fourth-order valence-corrected chi connectivity index (χ4v) is 3.39. The second kappa shape index (κ2) is 5.38. The Morgan fingerprint density at radius 2 is 2.21 bits per heavy atom. The molecule has 1 saturated carbocycles. The summed E-state index contributed by atoms with van der Waals surface area (Å²) in [6.45, 7) is 2.28. The summed E-state index contributed by atoms with van der Waals surface area (Å²) in [7, 11) is 0. The van der Waals surface area contributed by atoms with Crippen LogP contribution < -0.4 is 5.32 Å². The van der Waals surface area contributed by atoms with E-state index in [0.717, 1.165) is 27.5 Å². The third-order valence-electron chi connectivity index (χ3n) is 4.24. The molecule has 2 nitrogen and oxygen atoms in total. The topological polar surface area (TPSA) is 24.9 Å². The predicted octanol–water partition coefficient (Wildman–Crippen LogP) is 4.88. The number of aromatic nitrogens is 1. The number of rotatable bonds is 3. The summed E-state index contributed by atoms with van der Waals surface area (Å²) in [4.78, 5) is 4.49. The highest BCUT2D eigenvalue weighted by Crippen LogP contribution is 2.34. The van der Waals surface area contributed by atoms with E-state index in [2.05, 4.69) is 23.3 Å². The molecule has 0 aliphatic heterocycles. The van der Waals surface area contributed by atoms with Crippen LogP contribution in [0.25, 0.3) is 10.9 Å². The van der Waals surface area contributed by atoms with Gasteiger partial charge in [-0.05, 0) is 43.0 Å². The Balaban J connectivity index is 1.95. The molecule has 19 heavy (non-hydrogen) atoms. The fraction of sp³-hybridized carbons (Fsp3) is 0.438. The molecule has 2 unspecified atom stereocenters. The normalized spacial score (nSPS) is 22.8. The van der Waals surface area contributed by atoms with E-state index in [1.54, 1.807) is 0 Å². The number of anilines is 1. The minimum atomic E-state index is 0.580. The molecular weight excluding hydrogens is 256 g/mol. The highest BCUT2D eigenvalue weighted by Gasteiger charge is 2.26. The van der Waals surface area contributed by atoms with Crippen LogP contribution in [0.1, 0.15) is 32.6 Å². The predicted molar refractivity (Wildman–Crippen MR) is 81.8 cm³/mol. The Labute approximate surface area is 119 Å². The smallest absolute Gasteiger partial charge is 0.0948 e. The molecule has 0 radical (unpaired) electrons. The first-order chi connectivity index (χ1) is 9.29. The molecule has 2 aromatic rings. The molecule has 3 heteroatoms. The first-order valence-electron chi connectivity index (χ1n) is 7.09. The van der Waals surface area contributed by atoms with Crippen LogP contribution in [0.4, 0.5) is 5.69 Å². The summed E-state index contributed by atoms with van der Waals surface area (Å²) >= 11 is 6.23. The van der Waals surface area contributed by atoms with Crippen LogP contribution >= 0.6 is 11.6 Å². The van der Waals surface area contributed by atoms with Crippen LogP contribution in [0, 0.1) is 5.92 Å². The molecule has 1 N–H and O–H groups in total. The molecule has 0 spiro atoms. The monoisotopic (exact) mass is 274 g/mol. The van der Waals surface area contributed by atoms with Gasteiger partial charge in [-0.2, -0.15) is 0 Å². The Kier molecular flexibility index (Phi) is 3.61. The zero-order valence-corrected chi connectivity index (χ0v) is 12.0. The summed E-state index contributed by atoms with van der Waals surface area (Å²) in [5, 5.41) is 5.49. The minimum absolute atomic E-state index is 0.580. The maximum atomic E-state index is 6.23. The van der Waals surface area contributed by atoms with Gasteiger partial charge in [-0.25, -0.2) is 0 Å². The largest absolute Gasteiger partial charge is 0.380 e. The van der Waals surface area contributed by atoms with Gasteiger partial charge in [-0.1, -0.05) is 31.4 Å². The standard InChI is InChI=1S/C16H19ClN2/c1-2-11-5-3-7-14(11)19-15-9-8-13(17)12-6-4-10-18-16(12)15/h4,6,8-11,14,19H,2-3,5,7H2,1H3. The highest BCUT2D eigenvalue weighted by atomic mass is 35.5. The molecule has 1 fully saturated rings. The number of nitrogens with zero attached hydrogens (tertiary/aromatic N) is 1. The van der Waals surface area contributed by atoms with Crippen molar-refractivity contribution in [3.8, 4) is 0 Å². The first kappa shape index (κ1) is 12.7. The van der Waals surface area contributed by atoms with Crippen LogP contribution in [-0.4, -0.2) is 11.0 Å². The quantitative estimate of drug-likeness (QED) is 0.863. The Morgan fingerprint density at radius 1 is 1.32 bits per heavy atom. The SMILES string of the molecule is CCC1CCCC1Nc1ccc(Cl)c2cccnc12. The van der Waals surface area contributed by atoms with Crippen molar-refractivity contribution in [3.05, 3.63) is 35.5 Å². The lowest BCUT2D eigenvalue weighted by Crippen LogP contribution is -2.23. The lowest BCUT2D eigenvalue weighted by Gasteiger charge is -2.21. The van der Waals surface area contributed by atoms with Gasteiger partial charge in [0.2, 0.25) is 0 Å². The summed E-state index contributed by atoms with van der Waals surface area (Å²) in [5.41, 5.74) is 2.10. The third kappa shape index (κ3) is 2.42. The molecule has 100 valence electrons. The average Bonchev–Trinajstić information content (AvgIpc) is 2.89. The van der Waals surface area contributed by atoms with Crippen molar-refractivity contribution in [2.24, 2.45) is 5.92 Å². The van der Waals surface area contributed by atoms with E-state index in [-0.39, 0.29) is 0 Å². The fourth-order valence-electron chi connectivity index (χ4n) is 3.17. The van der Waals surface area contributed by atoms with E-state index < -0.39 is 0 Å². The van der Waals surface area contributed by atoms with Crippen LogP contribution in [0.15, 0.2) is 30.5 Å². The van der Waals surface area contributed by atoms with E-state index in [0.29, 0.717) is 6.04 Å². The van der Waals surface area contributed by atoms with Gasteiger partial charge >= 0.3 is 0 Å². The summed E-state index contributed by atoms with van der Waals surface area (Å²) < 4.78 is 0. The summed E-state index contributed by atoms with van der Waals surface area (Å²) in [6, 6.07) is 8.56. The lowest BCUT2D eigenvalue weighted by atomic mass is 10.0. The maximum Gasteiger partial charge on any atom is 0.0948 e. The average molecular weight is 275 g/mol. The van der Waals surface area contributed by atoms with Gasteiger partial charge in [0, 0.05) is 17.6 Å². The summed E-state index contributed by atoms with van der Waals surface area (Å²) in [5.74, 6) is 0.787. The van der Waals surface area contributed by atoms with Crippen molar-refractivity contribution in [2.75, 3.05) is 5.32 Å². The molecule has 0 amide bonds. The molecule has 1 aromatic carbocycles. The number of hydrogen-bond acceptors (Lipinski definition) is 2. The summed E-state index contributed by atoms with van der Waals surface area (Å²) in [6.07, 6.45) is 7.00. The van der Waals surface area contributed by atoms with E-state index in [9.17, 15) is 0 Å². The first-order valence-corrected chi connectivity index (χ1v) is 7.47. The number of halogens is 1. The molecule has 3 rings (SSSR count). The van der Waals surface area contributed by atoms with Crippen LogP contribution in [-0.2, 0) is 0 Å². The molecule has 1 heterocycles. The van der Waals surface area contributed by atoms with Crippen molar-refractivity contribution in [2.45, 2.75) is 38.6 Å². The van der Waals surface area contributed by atoms with E-state index in [1.165, 1.54) is 25.7 Å². The molecule has 0 saturated heterocycles. The van der Waals surface area contributed by atoms with Crippen molar-refractivity contribution < 1.29 is 0 Å². The number of fused-ring (bicyclic) bond motifs is 1. The van der Waals surface area contributed by atoms with Gasteiger partial charge < -0.3 is 5.32 Å². The third-order valence-corrected chi connectivity index (χ3v) is 4.57. The van der Waals surface area contributed by atoms with Gasteiger partial charge in [-0.15, -0.1) is 0 Å². The van der Waals surface area contributed by atoms with Crippen molar-refractivity contribution >= 4 is 28.2 Å². The Bertz CT molecular complexity index is 582. The van der Waals surface area contributed by atoms with Crippen LogP contribution in [0.2, 0.25) is 5.02 Å². The number of hydrogen-bond donors (Lipinski definition) is 1. The molecule has 1 aliphatic rings. The highest BCUT2D eigenvalue weighted by molar-refractivity contribution is 6.35. The Morgan fingerprint density at radius 3 is 3.05 bits per heavy atom. The molecule has 1 aromatic heterocycles. The molecule has 2 atom stereocenters. The van der Waals surface area contributed by atoms with E-state index in [1.807, 2.05) is 24.4 Å². The van der Waals surface area contributed by atoms with Gasteiger partial charge in [0.15, 0.2) is 0 Å². The van der Waals surface area contributed by atoms with Crippen molar-refractivity contribution in [1.29, 1.82) is 0 Å². The Hall–Kier alpha value is -1.28. The second-order valence-electron chi connectivity index (χ2n) is 5.34. The maximum absolute atomic E-state index is 6.23. The van der Waals surface area contributed by atoms with Gasteiger partial charge in [0.25, 0.3) is 0 Å². The molecular formula is C16H19ClN2. The lowest BCUT2D eigenvalue weighted by molar-refractivity contribution is 0.489. The second-order valence-corrected chi connectivity index (χ2v) is 5.75. The van der Waals surface area contributed by atoms with Crippen LogP contribution in [0.3, 0.4) is 0 Å². The molecule has 0 bridgehead atoms. The number of benzene rings is 1. The van der Waals surface area contributed by atoms with Gasteiger partial charge in [0.05, 0.1) is 16.2 Å². The van der Waals surface area contributed by atoms with Gasteiger partial charge in [-0.3, -0.25) is 4.98 Å². The van der Waals surface area contributed by atoms with Crippen molar-refractivity contribution in [3.63, 3.8) is 0 Å². The zero-order chi connectivity index (χ0) is 13.2. The minimum Gasteiger partial charge on any atom is -0.380 e. The zero-order valence-electron chi connectivity index (χ0n) is 11.2. The number of pyridine rings is 1. The van der Waals surface area contributed by atoms with Crippen LogP contribution in [0.5, 0.6) is 0 Å². The van der Waals surface area contributed by atoms with Gasteiger partial charge in [0.1, 0.15) is 0 Å². The van der Waals surface area contributed by atoms with E-state index in [4.69, 9.17) is 11.6 Å². The number of nitrogens with one attached hydrogen (secondary N) is 1. The van der Waals surface area contributed by atoms with E-state index >= 15 is 0 Å². The van der Waals surface area contributed by atoms with Crippen molar-refractivity contribution in [1.82, 2.24) is 4.98 Å². The molecule has 1 aliphatic carbocycles.